The van der Waals surface area contributed by atoms with Crippen molar-refractivity contribution in [2.75, 3.05) is 6.54 Å². The highest BCUT2D eigenvalue weighted by molar-refractivity contribution is 7.89. The van der Waals surface area contributed by atoms with Crippen LogP contribution >= 0.6 is 0 Å². The number of hydrogen-bond donors (Lipinski definition) is 2. The number of fused-ring (bicyclic) bond motifs is 2. The van der Waals surface area contributed by atoms with Crippen LogP contribution in [0.2, 0.25) is 0 Å². The molecule has 158 valence electrons. The lowest BCUT2D eigenvalue weighted by atomic mass is 9.87. The summed E-state index contributed by atoms with van der Waals surface area (Å²) in [5, 5.41) is 13.2. The molecule has 5 rings (SSSR count). The zero-order valence-corrected chi connectivity index (χ0v) is 17.5. The largest absolute Gasteiger partial charge is 0.480 e. The van der Waals surface area contributed by atoms with E-state index in [4.69, 9.17) is 0 Å². The quantitative estimate of drug-likeness (QED) is 0.772. The molecule has 1 aliphatic carbocycles. The second-order valence-electron chi connectivity index (χ2n) is 7.90. The summed E-state index contributed by atoms with van der Waals surface area (Å²) in [6.45, 7) is 0.140. The van der Waals surface area contributed by atoms with Gasteiger partial charge in [-0.05, 0) is 35.3 Å². The molecule has 3 atom stereocenters. The molecule has 0 saturated heterocycles. The Hall–Kier alpha value is -3.16. The summed E-state index contributed by atoms with van der Waals surface area (Å²) in [4.78, 5) is 12.3. The lowest BCUT2D eigenvalue weighted by Gasteiger charge is -2.33. The van der Waals surface area contributed by atoms with Crippen LogP contribution in [0.3, 0.4) is 0 Å². The number of rotatable bonds is 4. The first kappa shape index (κ1) is 19.8. The van der Waals surface area contributed by atoms with Crippen LogP contribution in [0.4, 0.5) is 0 Å². The minimum Gasteiger partial charge on any atom is -0.480 e. The highest BCUT2D eigenvalue weighted by Gasteiger charge is 2.47. The molecule has 3 aliphatic rings. The van der Waals surface area contributed by atoms with Gasteiger partial charge in [-0.3, -0.25) is 4.79 Å². The minimum atomic E-state index is -3.98. The Labute approximate surface area is 181 Å². The number of aliphatic carboxylic acids is 1. The van der Waals surface area contributed by atoms with Gasteiger partial charge in [-0.1, -0.05) is 66.8 Å². The van der Waals surface area contributed by atoms with Crippen LogP contribution < -0.4 is 5.32 Å². The van der Waals surface area contributed by atoms with Crippen molar-refractivity contribution in [3.05, 3.63) is 90.2 Å². The average molecular weight is 435 g/mol. The normalized spacial score (nSPS) is 25.1. The van der Waals surface area contributed by atoms with E-state index in [1.165, 1.54) is 0 Å². The third-order valence-corrected chi connectivity index (χ3v) is 8.05. The molecule has 6 nitrogen and oxygen atoms in total. The Morgan fingerprint density at radius 1 is 0.968 bits per heavy atom. The third kappa shape index (κ3) is 3.30. The molecule has 0 amide bonds. The molecule has 2 aromatic rings. The maximum Gasteiger partial charge on any atom is 0.328 e. The maximum absolute atomic E-state index is 13.4. The van der Waals surface area contributed by atoms with Crippen molar-refractivity contribution in [3.63, 3.8) is 0 Å². The average Bonchev–Trinajstić information content (AvgIpc) is 3.17. The summed E-state index contributed by atoms with van der Waals surface area (Å²) in [7, 11) is -3.98. The minimum absolute atomic E-state index is 0.0235. The molecule has 2 N–H and O–H groups in total. The van der Waals surface area contributed by atoms with E-state index in [0.29, 0.717) is 12.1 Å². The maximum atomic E-state index is 13.4. The Morgan fingerprint density at radius 2 is 1.65 bits per heavy atom. The molecule has 0 bridgehead atoms. The highest BCUT2D eigenvalue weighted by Crippen LogP contribution is 2.39. The van der Waals surface area contributed by atoms with E-state index in [-0.39, 0.29) is 23.4 Å². The predicted molar refractivity (Wildman–Crippen MR) is 118 cm³/mol. The van der Waals surface area contributed by atoms with Gasteiger partial charge in [0.25, 0.3) is 0 Å². The van der Waals surface area contributed by atoms with Crippen LogP contribution in [-0.2, 0) is 14.8 Å². The molecule has 0 spiro atoms. The van der Waals surface area contributed by atoms with Gasteiger partial charge in [0.15, 0.2) is 6.04 Å². The number of nitrogens with one attached hydrogen (secondary N) is 1. The monoisotopic (exact) mass is 434 g/mol. The van der Waals surface area contributed by atoms with Crippen LogP contribution in [0.5, 0.6) is 0 Å². The second kappa shape index (κ2) is 7.51. The van der Waals surface area contributed by atoms with Gasteiger partial charge in [-0.2, -0.15) is 4.31 Å². The van der Waals surface area contributed by atoms with Crippen molar-refractivity contribution in [1.82, 2.24) is 9.62 Å². The van der Waals surface area contributed by atoms with Crippen LogP contribution in [0.25, 0.3) is 11.1 Å². The van der Waals surface area contributed by atoms with Crippen molar-refractivity contribution in [2.24, 2.45) is 5.92 Å². The molecule has 0 aromatic heterocycles. The summed E-state index contributed by atoms with van der Waals surface area (Å²) in [6, 6.07) is 15.0. The van der Waals surface area contributed by atoms with Gasteiger partial charge in [-0.15, -0.1) is 0 Å². The number of carboxylic acids is 1. The number of carbonyl (C=O) groups is 1. The summed E-state index contributed by atoms with van der Waals surface area (Å²) in [5.41, 5.74) is 3.39. The van der Waals surface area contributed by atoms with Gasteiger partial charge in [0.05, 0.1) is 10.9 Å². The summed E-state index contributed by atoms with van der Waals surface area (Å²) < 4.78 is 28.0. The molecule has 0 saturated carbocycles. The number of hydrogen-bond acceptors (Lipinski definition) is 4. The first-order valence-electron chi connectivity index (χ1n) is 10.2. The third-order valence-electron chi connectivity index (χ3n) is 6.17. The SMILES string of the molecule is O=C(O)C1C2=C(CCN1S(=O)(=O)c1ccc(-c3ccccc3)cc1)C1C=CC=CC1N2. The topological polar surface area (TPSA) is 86.7 Å². The molecular formula is C24H22N2O4S. The van der Waals surface area contributed by atoms with Crippen molar-refractivity contribution < 1.29 is 18.3 Å². The van der Waals surface area contributed by atoms with Gasteiger partial charge in [0, 0.05) is 18.2 Å². The van der Waals surface area contributed by atoms with Crippen LogP contribution in [0.1, 0.15) is 6.42 Å². The summed E-state index contributed by atoms with van der Waals surface area (Å²) in [6.07, 6.45) is 8.42. The van der Waals surface area contributed by atoms with E-state index >= 15 is 0 Å². The summed E-state index contributed by atoms with van der Waals surface area (Å²) >= 11 is 0. The molecular weight excluding hydrogens is 412 g/mol. The van der Waals surface area contributed by atoms with Crippen LogP contribution in [-0.4, -0.2) is 42.4 Å². The van der Waals surface area contributed by atoms with E-state index < -0.39 is 22.0 Å². The van der Waals surface area contributed by atoms with E-state index in [1.807, 2.05) is 54.6 Å². The van der Waals surface area contributed by atoms with E-state index in [2.05, 4.69) is 5.32 Å². The molecule has 2 aliphatic heterocycles. The predicted octanol–water partition coefficient (Wildman–Crippen LogP) is 3.17. The lowest BCUT2D eigenvalue weighted by Crippen LogP contribution is -2.51. The molecule has 0 fully saturated rings. The van der Waals surface area contributed by atoms with Crippen LogP contribution in [0, 0.1) is 5.92 Å². The van der Waals surface area contributed by atoms with Gasteiger partial charge in [0.1, 0.15) is 0 Å². The zero-order valence-electron chi connectivity index (χ0n) is 16.7. The standard InChI is InChI=1S/C24H22N2O4S/c27-24(28)23-22-20(19-8-4-5-9-21(19)25-22)14-15-26(23)31(29,30)18-12-10-17(11-13-18)16-6-2-1-3-7-16/h1-13,19,21,23,25H,14-15H2,(H,27,28). The Kier molecular flexibility index (Phi) is 4.79. The van der Waals surface area contributed by atoms with E-state index in [1.54, 1.807) is 24.3 Å². The second-order valence-corrected chi connectivity index (χ2v) is 9.79. The Bertz CT molecular complexity index is 1210. The molecule has 2 heterocycles. The number of carboxylic acid groups (broad SMARTS) is 1. The van der Waals surface area contributed by atoms with Crippen molar-refractivity contribution in [1.29, 1.82) is 0 Å². The fourth-order valence-corrected chi connectivity index (χ4v) is 6.24. The number of sulfonamides is 1. The molecule has 7 heteroatoms. The van der Waals surface area contributed by atoms with Gasteiger partial charge >= 0.3 is 5.97 Å². The smallest absolute Gasteiger partial charge is 0.328 e. The van der Waals surface area contributed by atoms with E-state index in [9.17, 15) is 18.3 Å². The van der Waals surface area contributed by atoms with Crippen molar-refractivity contribution in [3.8, 4) is 11.1 Å². The van der Waals surface area contributed by atoms with Gasteiger partial charge < -0.3 is 10.4 Å². The lowest BCUT2D eigenvalue weighted by molar-refractivity contribution is -0.140. The van der Waals surface area contributed by atoms with E-state index in [0.717, 1.165) is 21.0 Å². The first-order chi connectivity index (χ1) is 15.0. The van der Waals surface area contributed by atoms with Crippen LogP contribution in [0.15, 0.2) is 95.1 Å². The van der Waals surface area contributed by atoms with Crippen molar-refractivity contribution >= 4 is 16.0 Å². The van der Waals surface area contributed by atoms with Gasteiger partial charge in [0.2, 0.25) is 10.0 Å². The molecule has 3 unspecified atom stereocenters. The number of allylic oxidation sites excluding steroid dienone is 2. The highest BCUT2D eigenvalue weighted by atomic mass is 32.2. The number of nitrogens with zero attached hydrogens (tertiary/aromatic N) is 1. The molecule has 2 aromatic carbocycles. The van der Waals surface area contributed by atoms with Crippen molar-refractivity contribution in [2.45, 2.75) is 23.4 Å². The molecule has 31 heavy (non-hydrogen) atoms. The Balaban J connectivity index is 1.48. The zero-order chi connectivity index (χ0) is 21.6. The fraction of sp³-hybridized carbons (Fsp3) is 0.208. The summed E-state index contributed by atoms with van der Waals surface area (Å²) in [5.74, 6) is -1.09. The van der Waals surface area contributed by atoms with Gasteiger partial charge in [-0.25, -0.2) is 8.42 Å². The first-order valence-corrected chi connectivity index (χ1v) is 11.7. The Morgan fingerprint density at radius 3 is 2.35 bits per heavy atom. The number of benzene rings is 2. The molecule has 0 radical (unpaired) electrons. The fourth-order valence-electron chi connectivity index (χ4n) is 4.68.